The molecule has 1 aromatic heterocycles. The van der Waals surface area contributed by atoms with Crippen LogP contribution < -0.4 is 10.2 Å². The quantitative estimate of drug-likeness (QED) is 0.355. The Bertz CT molecular complexity index is 1320. The average Bonchev–Trinajstić information content (AvgIpc) is 3.22. The third-order valence-corrected chi connectivity index (χ3v) is 5.75. The van der Waals surface area contributed by atoms with Crippen LogP contribution >= 0.6 is 11.3 Å². The Labute approximate surface area is 198 Å². The second-order valence-corrected chi connectivity index (χ2v) is 8.18. The molecule has 3 rings (SSSR count). The van der Waals surface area contributed by atoms with E-state index >= 15 is 0 Å². The Morgan fingerprint density at radius 1 is 1.15 bits per heavy atom. The van der Waals surface area contributed by atoms with Gasteiger partial charge in [-0.25, -0.2) is 4.98 Å². The van der Waals surface area contributed by atoms with Gasteiger partial charge in [0.25, 0.3) is 5.91 Å². The number of carbonyl (C=O) groups excluding carboxylic acids is 2. The zero-order valence-electron chi connectivity index (χ0n) is 18.4. The van der Waals surface area contributed by atoms with Gasteiger partial charge >= 0.3 is 6.18 Å². The maximum Gasteiger partial charge on any atom is 0.418 e. The standard InChI is InChI=1S/C24H19F3N4O2S/c1-14-8-9-19(10-15(14)2)31(16(3)32)23-29-18(13-34-23)11-17(12-28)22(33)30-21-7-5-4-6-20(21)24(25,26)27/h4-11,13H,1-3H3,(H,30,33)/b17-11+. The molecular formula is C24H19F3N4O2S. The predicted octanol–water partition coefficient (Wildman–Crippen LogP) is 6.01. The van der Waals surface area contributed by atoms with E-state index in [9.17, 15) is 28.0 Å². The van der Waals surface area contributed by atoms with Crippen LogP contribution in [-0.4, -0.2) is 16.8 Å². The van der Waals surface area contributed by atoms with Crippen molar-refractivity contribution in [3.05, 3.63) is 75.8 Å². The lowest BCUT2D eigenvalue weighted by Crippen LogP contribution is -2.22. The Hall–Kier alpha value is -3.97. The molecule has 1 heterocycles. The van der Waals surface area contributed by atoms with Crippen molar-refractivity contribution in [3.8, 4) is 6.07 Å². The van der Waals surface area contributed by atoms with Crippen molar-refractivity contribution >= 4 is 45.7 Å². The molecule has 2 amide bonds. The van der Waals surface area contributed by atoms with E-state index in [1.54, 1.807) is 17.5 Å². The normalized spacial score (nSPS) is 11.6. The SMILES string of the molecule is CC(=O)N(c1ccc(C)c(C)c1)c1nc(/C=C(\C#N)C(=O)Nc2ccccc2C(F)(F)F)cs1. The molecule has 0 fully saturated rings. The first-order valence-electron chi connectivity index (χ1n) is 9.94. The highest BCUT2D eigenvalue weighted by Crippen LogP contribution is 2.35. The second kappa shape index (κ2) is 9.89. The third kappa shape index (κ3) is 5.50. The molecule has 3 aromatic rings. The van der Waals surface area contributed by atoms with Crippen LogP contribution in [-0.2, 0) is 15.8 Å². The van der Waals surface area contributed by atoms with Gasteiger partial charge < -0.3 is 5.32 Å². The molecule has 0 aliphatic heterocycles. The van der Waals surface area contributed by atoms with Gasteiger partial charge in [-0.1, -0.05) is 18.2 Å². The summed E-state index contributed by atoms with van der Waals surface area (Å²) in [6.45, 7) is 5.26. The summed E-state index contributed by atoms with van der Waals surface area (Å²) in [5.74, 6) is -1.29. The minimum absolute atomic E-state index is 0.214. The molecular weight excluding hydrogens is 465 g/mol. The summed E-state index contributed by atoms with van der Waals surface area (Å²) in [5.41, 5.74) is 0.956. The Morgan fingerprint density at radius 3 is 2.47 bits per heavy atom. The van der Waals surface area contributed by atoms with Crippen LogP contribution in [0.1, 0.15) is 29.3 Å². The number of benzene rings is 2. The summed E-state index contributed by atoms with van der Waals surface area (Å²) in [6, 6.07) is 11.7. The summed E-state index contributed by atoms with van der Waals surface area (Å²) in [7, 11) is 0. The summed E-state index contributed by atoms with van der Waals surface area (Å²) in [4.78, 5) is 30.6. The van der Waals surface area contributed by atoms with E-state index < -0.39 is 28.9 Å². The molecule has 0 bridgehead atoms. The molecule has 2 aromatic carbocycles. The summed E-state index contributed by atoms with van der Waals surface area (Å²) >= 11 is 1.12. The summed E-state index contributed by atoms with van der Waals surface area (Å²) < 4.78 is 39.6. The van der Waals surface area contributed by atoms with Gasteiger partial charge in [-0.3, -0.25) is 14.5 Å². The number of hydrogen-bond donors (Lipinski definition) is 1. The zero-order chi connectivity index (χ0) is 25.0. The number of thiazole rings is 1. The number of halogens is 3. The number of amides is 2. The van der Waals surface area contributed by atoms with E-state index in [4.69, 9.17) is 0 Å². The maximum absolute atomic E-state index is 13.2. The molecule has 1 N–H and O–H groups in total. The molecule has 10 heteroatoms. The Balaban J connectivity index is 1.89. The van der Waals surface area contributed by atoms with Gasteiger partial charge in [0.05, 0.1) is 22.6 Å². The molecule has 0 unspecified atom stereocenters. The van der Waals surface area contributed by atoms with Crippen molar-refractivity contribution in [2.75, 3.05) is 10.2 Å². The number of aryl methyl sites for hydroxylation is 2. The molecule has 174 valence electrons. The summed E-state index contributed by atoms with van der Waals surface area (Å²) in [6.07, 6.45) is -3.51. The van der Waals surface area contributed by atoms with Crippen molar-refractivity contribution in [1.29, 1.82) is 5.26 Å². The van der Waals surface area contributed by atoms with Crippen LogP contribution in [0.3, 0.4) is 0 Å². The van der Waals surface area contributed by atoms with Crippen molar-refractivity contribution < 1.29 is 22.8 Å². The van der Waals surface area contributed by atoms with Gasteiger partial charge in [-0.05, 0) is 55.3 Å². The van der Waals surface area contributed by atoms with Crippen molar-refractivity contribution in [2.24, 2.45) is 0 Å². The second-order valence-electron chi connectivity index (χ2n) is 7.35. The number of aromatic nitrogens is 1. The molecule has 0 saturated carbocycles. The number of rotatable bonds is 5. The van der Waals surface area contributed by atoms with Crippen LogP contribution in [0, 0.1) is 25.2 Å². The molecule has 6 nitrogen and oxygen atoms in total. The van der Waals surface area contributed by atoms with Crippen molar-refractivity contribution in [3.63, 3.8) is 0 Å². The predicted molar refractivity (Wildman–Crippen MR) is 125 cm³/mol. The van der Waals surface area contributed by atoms with E-state index in [0.717, 1.165) is 40.7 Å². The topological polar surface area (TPSA) is 86.1 Å². The van der Waals surface area contributed by atoms with E-state index in [0.29, 0.717) is 10.8 Å². The average molecular weight is 485 g/mol. The minimum Gasteiger partial charge on any atom is -0.321 e. The smallest absolute Gasteiger partial charge is 0.321 e. The molecule has 0 aliphatic rings. The lowest BCUT2D eigenvalue weighted by molar-refractivity contribution is -0.137. The van der Waals surface area contributed by atoms with Crippen LogP contribution in [0.4, 0.5) is 29.7 Å². The Kier molecular flexibility index (Phi) is 7.17. The highest BCUT2D eigenvalue weighted by atomic mass is 32.1. The van der Waals surface area contributed by atoms with Crippen LogP contribution in [0.5, 0.6) is 0 Å². The fourth-order valence-electron chi connectivity index (χ4n) is 3.06. The molecule has 0 saturated heterocycles. The van der Waals surface area contributed by atoms with Crippen LogP contribution in [0.15, 0.2) is 53.4 Å². The molecule has 0 spiro atoms. The number of carbonyl (C=O) groups is 2. The third-order valence-electron chi connectivity index (χ3n) is 4.90. The molecule has 34 heavy (non-hydrogen) atoms. The maximum atomic E-state index is 13.2. The van der Waals surface area contributed by atoms with Crippen molar-refractivity contribution in [1.82, 2.24) is 4.98 Å². The lowest BCUT2D eigenvalue weighted by Gasteiger charge is -2.19. The number of anilines is 3. The van der Waals surface area contributed by atoms with E-state index in [2.05, 4.69) is 10.3 Å². The lowest BCUT2D eigenvalue weighted by atomic mass is 10.1. The van der Waals surface area contributed by atoms with E-state index in [1.165, 1.54) is 24.0 Å². The minimum atomic E-state index is -4.67. The number of alkyl halides is 3. The largest absolute Gasteiger partial charge is 0.418 e. The zero-order valence-corrected chi connectivity index (χ0v) is 19.2. The van der Waals surface area contributed by atoms with E-state index in [1.807, 2.05) is 26.0 Å². The number of hydrogen-bond acceptors (Lipinski definition) is 5. The summed E-state index contributed by atoms with van der Waals surface area (Å²) in [5, 5.41) is 13.4. The number of nitriles is 1. The molecule has 0 radical (unpaired) electrons. The first kappa shape index (κ1) is 24.7. The van der Waals surface area contributed by atoms with Gasteiger partial charge in [0.15, 0.2) is 5.13 Å². The first-order valence-corrected chi connectivity index (χ1v) is 10.8. The number of nitrogens with one attached hydrogen (secondary N) is 1. The highest BCUT2D eigenvalue weighted by molar-refractivity contribution is 7.14. The fourth-order valence-corrected chi connectivity index (χ4v) is 3.91. The number of nitrogens with zero attached hydrogens (tertiary/aromatic N) is 3. The monoisotopic (exact) mass is 484 g/mol. The van der Waals surface area contributed by atoms with Gasteiger partial charge in [0.1, 0.15) is 11.6 Å². The highest BCUT2D eigenvalue weighted by Gasteiger charge is 2.33. The van der Waals surface area contributed by atoms with Gasteiger partial charge in [-0.2, -0.15) is 18.4 Å². The van der Waals surface area contributed by atoms with Gasteiger partial charge in [0, 0.05) is 12.3 Å². The van der Waals surface area contributed by atoms with Crippen molar-refractivity contribution in [2.45, 2.75) is 26.9 Å². The van der Waals surface area contributed by atoms with Gasteiger partial charge in [0.2, 0.25) is 5.91 Å². The fraction of sp³-hybridized carbons (Fsp3) is 0.167. The molecule has 0 atom stereocenters. The molecule has 0 aliphatic carbocycles. The van der Waals surface area contributed by atoms with E-state index in [-0.39, 0.29) is 11.6 Å². The van der Waals surface area contributed by atoms with Crippen LogP contribution in [0.25, 0.3) is 6.08 Å². The first-order chi connectivity index (χ1) is 16.0. The Morgan fingerprint density at radius 2 is 1.85 bits per heavy atom. The van der Waals surface area contributed by atoms with Gasteiger partial charge in [-0.15, -0.1) is 11.3 Å². The number of para-hydroxylation sites is 1. The van der Waals surface area contributed by atoms with Crippen LogP contribution in [0.2, 0.25) is 0 Å².